The van der Waals surface area contributed by atoms with Crippen molar-refractivity contribution < 1.29 is 18.3 Å². The third-order valence-electron chi connectivity index (χ3n) is 1.72. The highest BCUT2D eigenvalue weighted by atomic mass is 32.2. The molecule has 0 aliphatic heterocycles. The Morgan fingerprint density at radius 2 is 2.06 bits per heavy atom. The van der Waals surface area contributed by atoms with E-state index in [1.54, 1.807) is 0 Å². The molecule has 0 aromatic rings. The molecule has 94 valence electrons. The molecule has 0 amide bonds. The molecule has 0 aromatic carbocycles. The Kier molecular flexibility index (Phi) is 5.97. The predicted octanol–water partition coefficient (Wildman–Crippen LogP) is -1.42. The van der Waals surface area contributed by atoms with Crippen LogP contribution in [0.2, 0.25) is 0 Å². The van der Waals surface area contributed by atoms with Gasteiger partial charge in [-0.1, -0.05) is 0 Å². The maximum Gasteiger partial charge on any atom is 0.320 e. The quantitative estimate of drug-likeness (QED) is 0.288. The number of rotatable bonds is 7. The zero-order chi connectivity index (χ0) is 12.8. The van der Waals surface area contributed by atoms with Crippen molar-refractivity contribution in [2.45, 2.75) is 18.9 Å². The summed E-state index contributed by atoms with van der Waals surface area (Å²) in [4.78, 5) is 14.2. The molecule has 0 fully saturated rings. The minimum Gasteiger partial charge on any atom is -0.480 e. The molecule has 0 saturated heterocycles. The molecule has 7 nitrogen and oxygen atoms in total. The highest BCUT2D eigenvalue weighted by molar-refractivity contribution is 7.91. The summed E-state index contributed by atoms with van der Waals surface area (Å²) in [6.45, 7) is 0.280. The number of nitrogens with two attached hydrogens (primary N) is 2. The van der Waals surface area contributed by atoms with Gasteiger partial charge in [0.15, 0.2) is 9.84 Å². The number of aliphatic carboxylic acids is 1. The fourth-order valence-electron chi connectivity index (χ4n) is 0.972. The Morgan fingerprint density at radius 1 is 1.50 bits per heavy atom. The van der Waals surface area contributed by atoms with E-state index in [2.05, 4.69) is 4.99 Å². The minimum absolute atomic E-state index is 0.0337. The van der Waals surface area contributed by atoms with Crippen molar-refractivity contribution in [1.29, 1.82) is 0 Å². The van der Waals surface area contributed by atoms with E-state index in [0.717, 1.165) is 6.26 Å². The lowest BCUT2D eigenvalue weighted by Crippen LogP contribution is -2.30. The van der Waals surface area contributed by atoms with Crippen LogP contribution in [0.15, 0.2) is 4.99 Å². The third-order valence-corrected chi connectivity index (χ3v) is 2.54. The molecule has 0 aromatic heterocycles. The first-order valence-corrected chi connectivity index (χ1v) is 6.73. The van der Waals surface area contributed by atoms with Crippen molar-refractivity contribution in [1.82, 2.24) is 0 Å². The second-order valence-corrected chi connectivity index (χ2v) is 5.67. The zero-order valence-electron chi connectivity index (χ0n) is 9.09. The van der Waals surface area contributed by atoms with Crippen LogP contribution in [-0.2, 0) is 14.6 Å². The first kappa shape index (κ1) is 14.8. The van der Waals surface area contributed by atoms with E-state index in [4.69, 9.17) is 16.6 Å². The van der Waals surface area contributed by atoms with E-state index in [-0.39, 0.29) is 24.6 Å². The summed E-state index contributed by atoms with van der Waals surface area (Å²) in [5, 5.41) is 8.48. The topological polar surface area (TPSA) is 136 Å². The van der Waals surface area contributed by atoms with Gasteiger partial charge in [0, 0.05) is 12.8 Å². The highest BCUT2D eigenvalue weighted by Gasteiger charge is 2.10. The number of hydrogen-bond donors (Lipinski definition) is 3. The van der Waals surface area contributed by atoms with E-state index in [1.807, 2.05) is 0 Å². The van der Waals surface area contributed by atoms with Crippen LogP contribution in [0.5, 0.6) is 0 Å². The molecule has 0 heterocycles. The van der Waals surface area contributed by atoms with Crippen LogP contribution in [0.4, 0.5) is 0 Å². The van der Waals surface area contributed by atoms with Crippen molar-refractivity contribution in [2.24, 2.45) is 16.5 Å². The monoisotopic (exact) mass is 251 g/mol. The molecule has 1 atom stereocenters. The summed E-state index contributed by atoms with van der Waals surface area (Å²) in [6.07, 6.45) is 1.80. The summed E-state index contributed by atoms with van der Waals surface area (Å²) in [6, 6.07) is -0.911. The van der Waals surface area contributed by atoms with Crippen LogP contribution in [0.1, 0.15) is 12.8 Å². The lowest BCUT2D eigenvalue weighted by molar-refractivity contribution is -0.138. The van der Waals surface area contributed by atoms with Gasteiger partial charge >= 0.3 is 5.97 Å². The Bertz CT molecular complexity index is 363. The number of hydrogen-bond acceptors (Lipinski definition) is 5. The van der Waals surface area contributed by atoms with E-state index in [0.29, 0.717) is 6.42 Å². The number of carboxylic acids is 1. The number of sulfone groups is 1. The number of nitrogens with zero attached hydrogens (tertiary/aromatic N) is 1. The molecule has 0 saturated carbocycles. The third kappa shape index (κ3) is 8.18. The van der Waals surface area contributed by atoms with E-state index >= 15 is 0 Å². The maximum atomic E-state index is 10.8. The molecule has 0 radical (unpaired) electrons. The lowest BCUT2D eigenvalue weighted by atomic mass is 10.2. The smallest absolute Gasteiger partial charge is 0.320 e. The van der Waals surface area contributed by atoms with Crippen molar-refractivity contribution >= 4 is 21.6 Å². The van der Waals surface area contributed by atoms with Crippen LogP contribution in [0, 0.1) is 0 Å². The van der Waals surface area contributed by atoms with E-state index in [9.17, 15) is 13.2 Å². The standard InChI is InChI=1S/C8H17N3O4S/c1-16(14,15)5-7(10)11-4-2-3-6(9)8(12)13/h6H,2-5,9H2,1H3,(H2,10,11)(H,12,13)/t6-/m0/s1. The molecule has 8 heteroatoms. The molecule has 0 rings (SSSR count). The largest absolute Gasteiger partial charge is 0.480 e. The fraction of sp³-hybridized carbons (Fsp3) is 0.750. The normalized spacial score (nSPS) is 14.8. The number of carboxylic acid groups (broad SMARTS) is 1. The summed E-state index contributed by atoms with van der Waals surface area (Å²) in [5.74, 6) is -1.31. The summed E-state index contributed by atoms with van der Waals surface area (Å²) >= 11 is 0. The maximum absolute atomic E-state index is 10.8. The van der Waals surface area contributed by atoms with Crippen molar-refractivity contribution in [3.63, 3.8) is 0 Å². The van der Waals surface area contributed by atoms with Crippen molar-refractivity contribution in [3.05, 3.63) is 0 Å². The number of aliphatic imine (C=N–C) groups is 1. The van der Waals surface area contributed by atoms with Gasteiger partial charge in [-0.3, -0.25) is 9.79 Å². The van der Waals surface area contributed by atoms with Gasteiger partial charge in [0.1, 0.15) is 17.6 Å². The van der Waals surface area contributed by atoms with E-state index < -0.39 is 21.8 Å². The SMILES string of the molecule is CS(=O)(=O)CC(N)=NCCC[C@H](N)C(=O)O. The molecule has 16 heavy (non-hydrogen) atoms. The Morgan fingerprint density at radius 3 is 2.50 bits per heavy atom. The molecule has 0 bridgehead atoms. The first-order chi connectivity index (χ1) is 7.22. The average Bonchev–Trinajstić information content (AvgIpc) is 2.08. The van der Waals surface area contributed by atoms with Crippen LogP contribution in [0.3, 0.4) is 0 Å². The van der Waals surface area contributed by atoms with Crippen LogP contribution >= 0.6 is 0 Å². The second kappa shape index (κ2) is 6.44. The number of amidine groups is 1. The lowest BCUT2D eigenvalue weighted by Gasteiger charge is -2.04. The second-order valence-electron chi connectivity index (χ2n) is 3.53. The van der Waals surface area contributed by atoms with Gasteiger partial charge < -0.3 is 16.6 Å². The Labute approximate surface area is 94.5 Å². The van der Waals surface area contributed by atoms with Gasteiger partial charge in [-0.25, -0.2) is 8.42 Å². The Hall–Kier alpha value is -1.15. The van der Waals surface area contributed by atoms with Crippen LogP contribution < -0.4 is 11.5 Å². The van der Waals surface area contributed by atoms with Gasteiger partial charge in [-0.05, 0) is 12.8 Å². The van der Waals surface area contributed by atoms with Gasteiger partial charge in [0.2, 0.25) is 0 Å². The van der Waals surface area contributed by atoms with Crippen LogP contribution in [-0.4, -0.2) is 49.9 Å². The van der Waals surface area contributed by atoms with Gasteiger partial charge in [0.05, 0.1) is 0 Å². The molecule has 0 aliphatic carbocycles. The molecular formula is C8H17N3O4S. The fourth-order valence-corrected chi connectivity index (χ4v) is 1.60. The summed E-state index contributed by atoms with van der Waals surface area (Å²) in [5.41, 5.74) is 10.6. The van der Waals surface area contributed by atoms with Crippen molar-refractivity contribution in [3.8, 4) is 0 Å². The van der Waals surface area contributed by atoms with Gasteiger partial charge in [0.25, 0.3) is 0 Å². The first-order valence-electron chi connectivity index (χ1n) is 4.67. The van der Waals surface area contributed by atoms with Gasteiger partial charge in [-0.15, -0.1) is 0 Å². The zero-order valence-corrected chi connectivity index (χ0v) is 9.90. The summed E-state index contributed by atoms with van der Waals surface area (Å²) < 4.78 is 21.6. The van der Waals surface area contributed by atoms with Crippen LogP contribution in [0.25, 0.3) is 0 Å². The van der Waals surface area contributed by atoms with Gasteiger partial charge in [-0.2, -0.15) is 0 Å². The Balaban J connectivity index is 3.89. The minimum atomic E-state index is -3.16. The molecule has 5 N–H and O–H groups in total. The molecule has 0 aliphatic rings. The molecular weight excluding hydrogens is 234 g/mol. The highest BCUT2D eigenvalue weighted by Crippen LogP contribution is 1.95. The molecule has 0 unspecified atom stereocenters. The average molecular weight is 251 g/mol. The molecule has 0 spiro atoms. The summed E-state index contributed by atoms with van der Waals surface area (Å²) in [7, 11) is -3.16. The van der Waals surface area contributed by atoms with Crippen molar-refractivity contribution in [2.75, 3.05) is 18.6 Å². The van der Waals surface area contributed by atoms with E-state index in [1.165, 1.54) is 0 Å². The number of carbonyl (C=O) groups is 1. The predicted molar refractivity (Wildman–Crippen MR) is 61.0 cm³/mol.